The number of nitrogens with one attached hydrogen (secondary N) is 1. The number of Topliss-reactive ketones (excluding diaryl/α,β-unsaturated/α-hetero) is 1. The third-order valence-corrected chi connectivity index (χ3v) is 5.94. The molecule has 1 amide bonds. The molecule has 8 heteroatoms. The van der Waals surface area contributed by atoms with E-state index in [9.17, 15) is 18.0 Å². The van der Waals surface area contributed by atoms with Gasteiger partial charge in [0.25, 0.3) is 5.91 Å². The smallest absolute Gasteiger partial charge is 0.289 e. The van der Waals surface area contributed by atoms with Crippen LogP contribution in [-0.2, 0) is 10.0 Å². The number of carbonyl (C=O) groups is 2. The zero-order valence-electron chi connectivity index (χ0n) is 14.3. The first-order valence-electron chi connectivity index (χ1n) is 8.33. The number of amides is 1. The highest BCUT2D eigenvalue weighted by Crippen LogP contribution is 2.17. The number of likely N-dealkylation sites (tertiary alicyclic amines) is 1. The summed E-state index contributed by atoms with van der Waals surface area (Å²) in [6, 6.07) is 8.88. The average Bonchev–Trinajstić information content (AvgIpc) is 3.16. The van der Waals surface area contributed by atoms with Crippen molar-refractivity contribution in [3.63, 3.8) is 0 Å². The van der Waals surface area contributed by atoms with Crippen molar-refractivity contribution in [3.05, 3.63) is 54.0 Å². The Labute approximate surface area is 152 Å². The fraction of sp³-hybridized carbons (Fsp3) is 0.333. The molecule has 138 valence electrons. The van der Waals surface area contributed by atoms with Crippen LogP contribution in [0.2, 0.25) is 0 Å². The van der Waals surface area contributed by atoms with Crippen LogP contribution in [0.4, 0.5) is 0 Å². The van der Waals surface area contributed by atoms with Crippen molar-refractivity contribution >= 4 is 21.7 Å². The predicted molar refractivity (Wildman–Crippen MR) is 94.4 cm³/mol. The summed E-state index contributed by atoms with van der Waals surface area (Å²) >= 11 is 0. The van der Waals surface area contributed by atoms with E-state index in [-0.39, 0.29) is 28.4 Å². The molecule has 0 radical (unpaired) electrons. The zero-order chi connectivity index (χ0) is 18.7. The number of hydrogen-bond donors (Lipinski definition) is 1. The molecule has 2 aromatic rings. The van der Waals surface area contributed by atoms with Crippen LogP contribution >= 0.6 is 0 Å². The summed E-state index contributed by atoms with van der Waals surface area (Å²) in [4.78, 5) is 25.3. The Morgan fingerprint density at radius 2 is 1.77 bits per heavy atom. The highest BCUT2D eigenvalue weighted by Gasteiger charge is 2.28. The standard InChI is InChI=1S/C18H20N2O5S/c1-13(21)14-4-6-16(7-5-14)26(23,24)19-15-8-10-20(11-9-15)18(22)17-3-2-12-25-17/h2-7,12,15,19H,8-11H2,1H3. The Morgan fingerprint density at radius 3 is 2.31 bits per heavy atom. The predicted octanol–water partition coefficient (Wildman–Crippen LogP) is 2.07. The van der Waals surface area contributed by atoms with Gasteiger partial charge in [0.2, 0.25) is 10.0 Å². The topological polar surface area (TPSA) is 96.7 Å². The van der Waals surface area contributed by atoms with E-state index in [1.165, 1.54) is 37.5 Å². The average molecular weight is 376 g/mol. The number of benzene rings is 1. The Balaban J connectivity index is 1.59. The molecule has 1 aliphatic heterocycles. The molecule has 0 atom stereocenters. The molecule has 0 aliphatic carbocycles. The second kappa shape index (κ2) is 7.43. The van der Waals surface area contributed by atoms with Crippen molar-refractivity contribution in [1.82, 2.24) is 9.62 Å². The van der Waals surface area contributed by atoms with Gasteiger partial charge in [0.05, 0.1) is 11.2 Å². The van der Waals surface area contributed by atoms with E-state index in [4.69, 9.17) is 4.42 Å². The summed E-state index contributed by atoms with van der Waals surface area (Å²) in [7, 11) is -3.67. The van der Waals surface area contributed by atoms with Gasteiger partial charge in [-0.05, 0) is 44.0 Å². The molecule has 0 saturated carbocycles. The molecule has 0 spiro atoms. The van der Waals surface area contributed by atoms with Gasteiger partial charge in [-0.25, -0.2) is 13.1 Å². The van der Waals surface area contributed by atoms with Crippen LogP contribution in [-0.4, -0.2) is 44.1 Å². The Bertz CT molecular complexity index is 880. The lowest BCUT2D eigenvalue weighted by Gasteiger charge is -2.31. The van der Waals surface area contributed by atoms with Gasteiger partial charge in [0, 0.05) is 24.7 Å². The minimum atomic E-state index is -3.67. The number of nitrogens with zero attached hydrogens (tertiary/aromatic N) is 1. The monoisotopic (exact) mass is 376 g/mol. The van der Waals surface area contributed by atoms with Gasteiger partial charge in [-0.3, -0.25) is 9.59 Å². The highest BCUT2D eigenvalue weighted by molar-refractivity contribution is 7.89. The molecule has 1 saturated heterocycles. The quantitative estimate of drug-likeness (QED) is 0.806. The molecule has 1 N–H and O–H groups in total. The summed E-state index contributed by atoms with van der Waals surface area (Å²) in [5, 5.41) is 0. The van der Waals surface area contributed by atoms with E-state index in [1.54, 1.807) is 17.0 Å². The lowest BCUT2D eigenvalue weighted by molar-refractivity contribution is 0.0679. The van der Waals surface area contributed by atoms with Gasteiger partial charge in [-0.15, -0.1) is 0 Å². The third-order valence-electron chi connectivity index (χ3n) is 4.41. The van der Waals surface area contributed by atoms with Crippen molar-refractivity contribution < 1.29 is 22.4 Å². The van der Waals surface area contributed by atoms with Gasteiger partial charge in [-0.1, -0.05) is 12.1 Å². The van der Waals surface area contributed by atoms with Crippen molar-refractivity contribution in [2.75, 3.05) is 13.1 Å². The van der Waals surface area contributed by atoms with Crippen LogP contribution in [0.5, 0.6) is 0 Å². The SMILES string of the molecule is CC(=O)c1ccc(S(=O)(=O)NC2CCN(C(=O)c3ccco3)CC2)cc1. The Hall–Kier alpha value is -2.45. The molecule has 0 bridgehead atoms. The molecular formula is C18H20N2O5S. The number of carbonyl (C=O) groups excluding carboxylic acids is 2. The van der Waals surface area contributed by atoms with Crippen molar-refractivity contribution in [3.8, 4) is 0 Å². The van der Waals surface area contributed by atoms with E-state index in [0.29, 0.717) is 31.5 Å². The summed E-state index contributed by atoms with van der Waals surface area (Å²) in [5.74, 6) is -0.0128. The molecule has 7 nitrogen and oxygen atoms in total. The van der Waals surface area contributed by atoms with Gasteiger partial charge in [-0.2, -0.15) is 0 Å². The number of rotatable bonds is 5. The maximum atomic E-state index is 12.5. The van der Waals surface area contributed by atoms with Gasteiger partial charge >= 0.3 is 0 Å². The zero-order valence-corrected chi connectivity index (χ0v) is 15.2. The molecule has 0 unspecified atom stereocenters. The normalized spacial score (nSPS) is 15.8. The van der Waals surface area contributed by atoms with Gasteiger partial charge in [0.1, 0.15) is 0 Å². The minimum Gasteiger partial charge on any atom is -0.459 e. The molecule has 1 aromatic heterocycles. The number of ketones is 1. The molecular weight excluding hydrogens is 356 g/mol. The summed E-state index contributed by atoms with van der Waals surface area (Å²) in [5.41, 5.74) is 0.466. The molecule has 2 heterocycles. The molecule has 1 aromatic carbocycles. The largest absolute Gasteiger partial charge is 0.459 e. The van der Waals surface area contributed by atoms with Crippen molar-refractivity contribution in [2.24, 2.45) is 0 Å². The lowest BCUT2D eigenvalue weighted by atomic mass is 10.1. The fourth-order valence-electron chi connectivity index (χ4n) is 2.91. The number of sulfonamides is 1. The van der Waals surface area contributed by atoms with Crippen LogP contribution in [0.3, 0.4) is 0 Å². The second-order valence-corrected chi connectivity index (χ2v) is 7.96. The highest BCUT2D eigenvalue weighted by atomic mass is 32.2. The van der Waals surface area contributed by atoms with Crippen LogP contribution in [0.1, 0.15) is 40.7 Å². The minimum absolute atomic E-state index is 0.115. The number of hydrogen-bond acceptors (Lipinski definition) is 5. The van der Waals surface area contributed by atoms with Gasteiger partial charge < -0.3 is 9.32 Å². The van der Waals surface area contributed by atoms with Crippen LogP contribution in [0, 0.1) is 0 Å². The van der Waals surface area contributed by atoms with Crippen LogP contribution < -0.4 is 4.72 Å². The maximum absolute atomic E-state index is 12.5. The molecule has 26 heavy (non-hydrogen) atoms. The van der Waals surface area contributed by atoms with Crippen molar-refractivity contribution in [1.29, 1.82) is 0 Å². The van der Waals surface area contributed by atoms with Crippen LogP contribution in [0.25, 0.3) is 0 Å². The van der Waals surface area contributed by atoms with E-state index >= 15 is 0 Å². The van der Waals surface area contributed by atoms with E-state index < -0.39 is 10.0 Å². The van der Waals surface area contributed by atoms with Gasteiger partial charge in [0.15, 0.2) is 11.5 Å². The Morgan fingerprint density at radius 1 is 1.12 bits per heavy atom. The number of furan rings is 1. The second-order valence-electron chi connectivity index (χ2n) is 6.25. The van der Waals surface area contributed by atoms with E-state index in [0.717, 1.165) is 0 Å². The Kier molecular flexibility index (Phi) is 5.24. The fourth-order valence-corrected chi connectivity index (χ4v) is 4.22. The molecule has 3 rings (SSSR count). The lowest BCUT2D eigenvalue weighted by Crippen LogP contribution is -2.46. The number of piperidine rings is 1. The first-order valence-corrected chi connectivity index (χ1v) is 9.81. The van der Waals surface area contributed by atoms with Crippen molar-refractivity contribution in [2.45, 2.75) is 30.7 Å². The van der Waals surface area contributed by atoms with Crippen LogP contribution in [0.15, 0.2) is 52.0 Å². The summed E-state index contributed by atoms with van der Waals surface area (Å²) in [6.07, 6.45) is 2.50. The molecule has 1 aliphatic rings. The summed E-state index contributed by atoms with van der Waals surface area (Å²) < 4.78 is 32.8. The third kappa shape index (κ3) is 4.03. The van der Waals surface area contributed by atoms with E-state index in [2.05, 4.69) is 4.72 Å². The maximum Gasteiger partial charge on any atom is 0.289 e. The van der Waals surface area contributed by atoms with E-state index in [1.807, 2.05) is 0 Å². The first-order chi connectivity index (χ1) is 12.4. The summed E-state index contributed by atoms with van der Waals surface area (Å²) in [6.45, 7) is 2.34. The first kappa shape index (κ1) is 18.3. The molecule has 1 fully saturated rings.